The van der Waals surface area contributed by atoms with Crippen LogP contribution in [0.1, 0.15) is 36.1 Å². The normalized spacial score (nSPS) is 15.9. The van der Waals surface area contributed by atoms with Crippen molar-refractivity contribution in [2.24, 2.45) is 0 Å². The van der Waals surface area contributed by atoms with Gasteiger partial charge in [-0.25, -0.2) is 0 Å². The monoisotopic (exact) mass is 480 g/mol. The van der Waals surface area contributed by atoms with Crippen molar-refractivity contribution >= 4 is 17.6 Å². The zero-order chi connectivity index (χ0) is 24.9. The first-order valence-electron chi connectivity index (χ1n) is 10.8. The highest BCUT2D eigenvalue weighted by Gasteiger charge is 2.35. The highest BCUT2D eigenvalue weighted by atomic mass is 19.4. The Morgan fingerprint density at radius 3 is 2.44 bits per heavy atom. The van der Waals surface area contributed by atoms with Crippen LogP contribution in [0.25, 0.3) is 0 Å². The molecule has 0 aromatic heterocycles. The average Bonchev–Trinajstić information content (AvgIpc) is 2.79. The molecule has 7 nitrogen and oxygen atoms in total. The van der Waals surface area contributed by atoms with E-state index in [1.165, 1.54) is 32.4 Å². The minimum Gasteiger partial charge on any atom is -0.493 e. The lowest BCUT2D eigenvalue weighted by molar-refractivity contribution is -0.145. The summed E-state index contributed by atoms with van der Waals surface area (Å²) in [7, 11) is 3.02. The Morgan fingerprint density at radius 1 is 1.12 bits per heavy atom. The highest BCUT2D eigenvalue weighted by molar-refractivity contribution is 5.93. The molecule has 1 unspecified atom stereocenters. The second-order valence-corrected chi connectivity index (χ2v) is 7.74. The Morgan fingerprint density at radius 2 is 1.79 bits per heavy atom. The molecule has 2 aromatic rings. The maximum absolute atomic E-state index is 13.3. The van der Waals surface area contributed by atoms with Crippen LogP contribution in [0.2, 0.25) is 0 Å². The Labute approximate surface area is 195 Å². The predicted octanol–water partition coefficient (Wildman–Crippen LogP) is 4.21. The predicted molar refractivity (Wildman–Crippen MR) is 119 cm³/mol. The van der Waals surface area contributed by atoms with Crippen molar-refractivity contribution in [3.8, 4) is 11.5 Å². The number of ether oxygens (including phenoxy) is 3. The van der Waals surface area contributed by atoms with Gasteiger partial charge in [0.25, 0.3) is 0 Å². The van der Waals surface area contributed by atoms with Crippen LogP contribution in [0.4, 0.5) is 18.9 Å². The second-order valence-electron chi connectivity index (χ2n) is 7.74. The first-order chi connectivity index (χ1) is 16.2. The van der Waals surface area contributed by atoms with E-state index in [-0.39, 0.29) is 25.3 Å². The summed E-state index contributed by atoms with van der Waals surface area (Å²) in [4.78, 5) is 26.9. The number of hydrogen-bond donors (Lipinski definition) is 1. The fraction of sp³-hybridized carbons (Fsp3) is 0.417. The molecule has 1 aliphatic heterocycles. The lowest BCUT2D eigenvalue weighted by Gasteiger charge is -2.37. The Bertz CT molecular complexity index is 1040. The molecule has 184 valence electrons. The third kappa shape index (κ3) is 5.80. The van der Waals surface area contributed by atoms with E-state index in [2.05, 4.69) is 5.32 Å². The van der Waals surface area contributed by atoms with Crippen molar-refractivity contribution in [2.75, 3.05) is 39.2 Å². The average molecular weight is 480 g/mol. The number of carbonyl (C=O) groups excluding carboxylic acids is 2. The van der Waals surface area contributed by atoms with Crippen LogP contribution >= 0.6 is 0 Å². The SMILES string of the molecule is CCOC(=O)CC1c2cc(OC)c(OC)cc2CCN1CC(=O)Nc1ccccc1C(F)(F)F. The van der Waals surface area contributed by atoms with Crippen molar-refractivity contribution in [3.05, 3.63) is 53.1 Å². The van der Waals surface area contributed by atoms with Gasteiger partial charge in [-0.15, -0.1) is 0 Å². The first kappa shape index (κ1) is 25.4. The van der Waals surface area contributed by atoms with Gasteiger partial charge in [-0.05, 0) is 48.7 Å². The van der Waals surface area contributed by atoms with Gasteiger partial charge < -0.3 is 19.5 Å². The maximum Gasteiger partial charge on any atom is 0.418 e. The number of para-hydroxylation sites is 1. The van der Waals surface area contributed by atoms with Gasteiger partial charge in [-0.1, -0.05) is 12.1 Å². The number of nitrogens with one attached hydrogen (secondary N) is 1. The number of esters is 1. The van der Waals surface area contributed by atoms with Crippen molar-refractivity contribution in [1.82, 2.24) is 4.90 Å². The Balaban J connectivity index is 1.87. The Kier molecular flexibility index (Phi) is 8.03. The topological polar surface area (TPSA) is 77.1 Å². The van der Waals surface area contributed by atoms with E-state index in [0.717, 1.165) is 17.2 Å². The zero-order valence-electron chi connectivity index (χ0n) is 19.2. The van der Waals surface area contributed by atoms with Crippen LogP contribution < -0.4 is 14.8 Å². The van der Waals surface area contributed by atoms with E-state index in [1.54, 1.807) is 17.9 Å². The lowest BCUT2D eigenvalue weighted by atomic mass is 9.90. The number of amides is 1. The number of halogens is 3. The van der Waals surface area contributed by atoms with Gasteiger partial charge in [0.15, 0.2) is 11.5 Å². The molecular weight excluding hydrogens is 453 g/mol. The zero-order valence-corrected chi connectivity index (χ0v) is 19.2. The molecule has 1 amide bonds. The quantitative estimate of drug-likeness (QED) is 0.571. The molecule has 0 spiro atoms. The van der Waals surface area contributed by atoms with Gasteiger partial charge in [0, 0.05) is 12.6 Å². The van der Waals surface area contributed by atoms with Crippen LogP contribution in [0, 0.1) is 0 Å². The van der Waals surface area contributed by atoms with E-state index in [4.69, 9.17) is 14.2 Å². The van der Waals surface area contributed by atoms with Gasteiger partial charge in [0.1, 0.15) is 0 Å². The maximum atomic E-state index is 13.3. The number of hydrogen-bond acceptors (Lipinski definition) is 6. The summed E-state index contributed by atoms with van der Waals surface area (Å²) in [6, 6.07) is 7.88. The molecule has 34 heavy (non-hydrogen) atoms. The van der Waals surface area contributed by atoms with Crippen LogP contribution in [-0.4, -0.2) is 50.7 Å². The van der Waals surface area contributed by atoms with Crippen molar-refractivity contribution in [3.63, 3.8) is 0 Å². The molecule has 1 aliphatic rings. The number of methoxy groups -OCH3 is 2. The molecule has 0 saturated heterocycles. The molecule has 1 heterocycles. The number of alkyl halides is 3. The van der Waals surface area contributed by atoms with Gasteiger partial charge >= 0.3 is 12.1 Å². The number of carbonyl (C=O) groups is 2. The van der Waals surface area contributed by atoms with E-state index >= 15 is 0 Å². The minimum atomic E-state index is -4.60. The first-order valence-corrected chi connectivity index (χ1v) is 10.8. The van der Waals surface area contributed by atoms with Crippen molar-refractivity contribution in [2.45, 2.75) is 32.0 Å². The van der Waals surface area contributed by atoms with Crippen LogP contribution in [0.3, 0.4) is 0 Å². The minimum absolute atomic E-state index is 0.0251. The van der Waals surface area contributed by atoms with Gasteiger partial charge in [-0.2, -0.15) is 13.2 Å². The third-order valence-corrected chi connectivity index (χ3v) is 5.63. The van der Waals surface area contributed by atoms with Crippen molar-refractivity contribution in [1.29, 1.82) is 0 Å². The molecule has 0 saturated carbocycles. The highest BCUT2D eigenvalue weighted by Crippen LogP contribution is 2.40. The fourth-order valence-corrected chi connectivity index (χ4v) is 4.10. The second kappa shape index (κ2) is 10.8. The smallest absolute Gasteiger partial charge is 0.418 e. The van der Waals surface area contributed by atoms with Crippen LogP contribution in [-0.2, 0) is 26.9 Å². The summed E-state index contributed by atoms with van der Waals surface area (Å²) in [5, 5.41) is 2.37. The largest absolute Gasteiger partial charge is 0.493 e. The fourth-order valence-electron chi connectivity index (χ4n) is 4.10. The summed E-state index contributed by atoms with van der Waals surface area (Å²) < 4.78 is 55.8. The summed E-state index contributed by atoms with van der Waals surface area (Å²) >= 11 is 0. The molecule has 1 atom stereocenters. The molecule has 0 aliphatic carbocycles. The molecule has 0 radical (unpaired) electrons. The van der Waals surface area contributed by atoms with Gasteiger partial charge in [-0.3, -0.25) is 14.5 Å². The standard InChI is InChI=1S/C24H27F3N2O5/c1-4-34-23(31)13-19-16-12-21(33-3)20(32-2)11-15(16)9-10-29(19)14-22(30)28-18-8-6-5-7-17(18)24(25,26)27/h5-8,11-12,19H,4,9-10,13-14H2,1-3H3,(H,28,30). The van der Waals surface area contributed by atoms with Crippen LogP contribution in [0.15, 0.2) is 36.4 Å². The molecule has 3 rings (SSSR count). The van der Waals surface area contributed by atoms with E-state index in [1.807, 2.05) is 6.07 Å². The third-order valence-electron chi connectivity index (χ3n) is 5.63. The number of anilines is 1. The number of benzene rings is 2. The molecule has 0 fully saturated rings. The number of fused-ring (bicyclic) bond motifs is 1. The molecule has 0 bridgehead atoms. The summed E-state index contributed by atoms with van der Waals surface area (Å²) in [6.07, 6.45) is -4.07. The Hall–Kier alpha value is -3.27. The number of rotatable bonds is 8. The summed E-state index contributed by atoms with van der Waals surface area (Å²) in [6.45, 7) is 2.12. The van der Waals surface area contributed by atoms with Gasteiger partial charge in [0.2, 0.25) is 5.91 Å². The molecule has 10 heteroatoms. The molecular formula is C24H27F3N2O5. The van der Waals surface area contributed by atoms with Gasteiger partial charge in [0.05, 0.1) is 45.0 Å². The lowest BCUT2D eigenvalue weighted by Crippen LogP contribution is -2.41. The molecule has 1 N–H and O–H groups in total. The van der Waals surface area contributed by atoms with Crippen LogP contribution in [0.5, 0.6) is 11.5 Å². The summed E-state index contributed by atoms with van der Waals surface area (Å²) in [5.74, 6) is -0.0379. The van der Waals surface area contributed by atoms with E-state index in [0.29, 0.717) is 24.5 Å². The molecule has 2 aromatic carbocycles. The summed E-state index contributed by atoms with van der Waals surface area (Å²) in [5.41, 5.74) is 0.476. The number of nitrogens with zero attached hydrogens (tertiary/aromatic N) is 1. The van der Waals surface area contributed by atoms with E-state index in [9.17, 15) is 22.8 Å². The van der Waals surface area contributed by atoms with E-state index < -0.39 is 29.7 Å². The van der Waals surface area contributed by atoms with Crippen molar-refractivity contribution < 1.29 is 37.0 Å².